The molecule has 1 unspecified atom stereocenters. The number of amides is 1. The topological polar surface area (TPSA) is 111 Å². The summed E-state index contributed by atoms with van der Waals surface area (Å²) in [7, 11) is 0. The predicted octanol–water partition coefficient (Wildman–Crippen LogP) is 1.54. The number of nitrogens with one attached hydrogen (secondary N) is 3. The number of carbonyl (C=O) groups is 2. The second-order valence-corrected chi connectivity index (χ2v) is 4.60. The van der Waals surface area contributed by atoms with Crippen LogP contribution in [-0.4, -0.2) is 31.9 Å². The maximum absolute atomic E-state index is 12.3. The van der Waals surface area contributed by atoms with Crippen LogP contribution < -0.4 is 5.32 Å². The summed E-state index contributed by atoms with van der Waals surface area (Å²) in [5.41, 5.74) is 1.36. The molecule has 1 amide bonds. The van der Waals surface area contributed by atoms with Gasteiger partial charge in [-0.3, -0.25) is 4.79 Å². The highest BCUT2D eigenvalue weighted by atomic mass is 16.4. The van der Waals surface area contributed by atoms with E-state index in [1.807, 2.05) is 0 Å². The number of aromatic carboxylic acids is 1. The van der Waals surface area contributed by atoms with Gasteiger partial charge < -0.3 is 20.4 Å². The SMILES string of the molecule is Cc1[nH]c(C(=O)O)c(C)c1C(=O)NC(C)c1ncc[nH]1. The fourth-order valence-electron chi connectivity index (χ4n) is 2.16. The van der Waals surface area contributed by atoms with Crippen molar-refractivity contribution in [1.29, 1.82) is 0 Å². The molecule has 2 aromatic rings. The molecule has 2 rings (SSSR count). The Morgan fingerprint density at radius 1 is 1.40 bits per heavy atom. The van der Waals surface area contributed by atoms with Gasteiger partial charge in [0.15, 0.2) is 0 Å². The highest BCUT2D eigenvalue weighted by Gasteiger charge is 2.23. The van der Waals surface area contributed by atoms with Crippen LogP contribution in [0.15, 0.2) is 12.4 Å². The number of hydrogen-bond donors (Lipinski definition) is 4. The maximum atomic E-state index is 12.3. The summed E-state index contributed by atoms with van der Waals surface area (Å²) in [6.07, 6.45) is 3.28. The zero-order valence-corrected chi connectivity index (χ0v) is 11.4. The fraction of sp³-hybridized carbons (Fsp3) is 0.308. The van der Waals surface area contributed by atoms with Crippen molar-refractivity contribution in [2.24, 2.45) is 0 Å². The van der Waals surface area contributed by atoms with Crippen LogP contribution in [0.4, 0.5) is 0 Å². The van der Waals surface area contributed by atoms with Crippen molar-refractivity contribution in [2.45, 2.75) is 26.8 Å². The predicted molar refractivity (Wildman–Crippen MR) is 71.7 cm³/mol. The minimum Gasteiger partial charge on any atom is -0.477 e. The van der Waals surface area contributed by atoms with Gasteiger partial charge in [-0.1, -0.05) is 0 Å². The molecule has 0 aromatic carbocycles. The van der Waals surface area contributed by atoms with Crippen LogP contribution in [0, 0.1) is 13.8 Å². The highest BCUT2D eigenvalue weighted by molar-refractivity contribution is 6.00. The number of imidazole rings is 1. The molecule has 0 spiro atoms. The largest absolute Gasteiger partial charge is 0.477 e. The average Bonchev–Trinajstić information content (AvgIpc) is 2.97. The number of carboxylic acid groups (broad SMARTS) is 1. The Kier molecular flexibility index (Phi) is 3.60. The number of carbonyl (C=O) groups excluding carboxylic acids is 1. The van der Waals surface area contributed by atoms with Crippen LogP contribution in [0.2, 0.25) is 0 Å². The molecule has 7 heteroatoms. The number of H-pyrrole nitrogens is 2. The summed E-state index contributed by atoms with van der Waals surface area (Å²) in [6.45, 7) is 5.08. The monoisotopic (exact) mass is 276 g/mol. The number of carboxylic acids is 1. The minimum absolute atomic E-state index is 0.0401. The van der Waals surface area contributed by atoms with Crippen molar-refractivity contribution in [3.8, 4) is 0 Å². The molecule has 0 aliphatic heterocycles. The molecule has 0 aliphatic rings. The van der Waals surface area contributed by atoms with Crippen LogP contribution >= 0.6 is 0 Å². The van der Waals surface area contributed by atoms with Crippen LogP contribution in [0.5, 0.6) is 0 Å². The second-order valence-electron chi connectivity index (χ2n) is 4.60. The fourth-order valence-corrected chi connectivity index (χ4v) is 2.16. The molecule has 106 valence electrons. The van der Waals surface area contributed by atoms with Gasteiger partial charge in [0.2, 0.25) is 0 Å². The Labute approximate surface area is 115 Å². The van der Waals surface area contributed by atoms with E-state index in [2.05, 4.69) is 20.3 Å². The van der Waals surface area contributed by atoms with E-state index < -0.39 is 5.97 Å². The van der Waals surface area contributed by atoms with E-state index in [4.69, 9.17) is 5.11 Å². The molecular formula is C13H16N4O3. The van der Waals surface area contributed by atoms with E-state index in [1.54, 1.807) is 33.2 Å². The zero-order chi connectivity index (χ0) is 14.9. The van der Waals surface area contributed by atoms with Gasteiger partial charge in [0.05, 0.1) is 11.6 Å². The maximum Gasteiger partial charge on any atom is 0.352 e. The normalized spacial score (nSPS) is 12.2. The highest BCUT2D eigenvalue weighted by Crippen LogP contribution is 2.19. The van der Waals surface area contributed by atoms with Crippen LogP contribution in [0.3, 0.4) is 0 Å². The van der Waals surface area contributed by atoms with Gasteiger partial charge in [-0.2, -0.15) is 0 Å². The van der Waals surface area contributed by atoms with Crippen LogP contribution in [0.1, 0.15) is 50.9 Å². The molecular weight excluding hydrogens is 260 g/mol. The van der Waals surface area contributed by atoms with E-state index in [-0.39, 0.29) is 17.6 Å². The molecule has 7 nitrogen and oxygen atoms in total. The molecule has 0 radical (unpaired) electrons. The molecule has 1 atom stereocenters. The Morgan fingerprint density at radius 2 is 2.10 bits per heavy atom. The van der Waals surface area contributed by atoms with Gasteiger partial charge in [-0.25, -0.2) is 9.78 Å². The summed E-state index contributed by atoms with van der Waals surface area (Å²) in [4.78, 5) is 33.0. The molecule has 0 fully saturated rings. The van der Waals surface area contributed by atoms with Gasteiger partial charge in [0.1, 0.15) is 11.5 Å². The van der Waals surface area contributed by atoms with Crippen molar-refractivity contribution in [2.75, 3.05) is 0 Å². The van der Waals surface area contributed by atoms with Crippen LogP contribution in [0.25, 0.3) is 0 Å². The van der Waals surface area contributed by atoms with Crippen molar-refractivity contribution < 1.29 is 14.7 Å². The van der Waals surface area contributed by atoms with Crippen molar-refractivity contribution in [3.05, 3.63) is 40.7 Å². The van der Waals surface area contributed by atoms with Gasteiger partial charge in [0, 0.05) is 18.1 Å². The molecule has 0 aliphatic carbocycles. The third-order valence-corrected chi connectivity index (χ3v) is 3.16. The molecule has 4 N–H and O–H groups in total. The summed E-state index contributed by atoms with van der Waals surface area (Å²) in [5, 5.41) is 11.8. The number of aromatic nitrogens is 3. The van der Waals surface area contributed by atoms with Crippen molar-refractivity contribution in [1.82, 2.24) is 20.3 Å². The van der Waals surface area contributed by atoms with Crippen molar-refractivity contribution in [3.63, 3.8) is 0 Å². The lowest BCUT2D eigenvalue weighted by atomic mass is 10.1. The number of aromatic amines is 2. The molecule has 2 heterocycles. The Hall–Kier alpha value is -2.57. The van der Waals surface area contributed by atoms with Crippen LogP contribution in [-0.2, 0) is 0 Å². The van der Waals surface area contributed by atoms with E-state index in [0.717, 1.165) is 0 Å². The number of hydrogen-bond acceptors (Lipinski definition) is 3. The third kappa shape index (κ3) is 2.42. The first kappa shape index (κ1) is 13.9. The van der Waals surface area contributed by atoms with E-state index in [0.29, 0.717) is 22.6 Å². The van der Waals surface area contributed by atoms with Crippen molar-refractivity contribution >= 4 is 11.9 Å². The first-order valence-corrected chi connectivity index (χ1v) is 6.14. The third-order valence-electron chi connectivity index (χ3n) is 3.16. The standard InChI is InChI=1S/C13H16N4O3/c1-6-9(7(2)16-10(6)13(19)20)12(18)17-8(3)11-14-4-5-15-11/h4-5,8,16H,1-3H3,(H,14,15)(H,17,18)(H,19,20). The van der Waals surface area contributed by atoms with Gasteiger partial charge in [-0.05, 0) is 26.3 Å². The number of aryl methyl sites for hydroxylation is 1. The summed E-state index contributed by atoms with van der Waals surface area (Å²) < 4.78 is 0. The number of rotatable bonds is 4. The van der Waals surface area contributed by atoms with E-state index in [9.17, 15) is 9.59 Å². The quantitative estimate of drug-likeness (QED) is 0.678. The lowest BCUT2D eigenvalue weighted by Gasteiger charge is -2.12. The Balaban J connectivity index is 2.24. The summed E-state index contributed by atoms with van der Waals surface area (Å²) in [6, 6.07) is -0.292. The molecule has 0 bridgehead atoms. The Morgan fingerprint density at radius 3 is 2.60 bits per heavy atom. The van der Waals surface area contributed by atoms with E-state index in [1.165, 1.54) is 0 Å². The van der Waals surface area contributed by atoms with Gasteiger partial charge in [-0.15, -0.1) is 0 Å². The molecule has 2 aromatic heterocycles. The first-order valence-electron chi connectivity index (χ1n) is 6.14. The second kappa shape index (κ2) is 5.20. The number of nitrogens with zero attached hydrogens (tertiary/aromatic N) is 1. The van der Waals surface area contributed by atoms with Gasteiger partial charge >= 0.3 is 5.97 Å². The summed E-state index contributed by atoms with van der Waals surface area (Å²) >= 11 is 0. The molecule has 0 saturated heterocycles. The lowest BCUT2D eigenvalue weighted by Crippen LogP contribution is -2.28. The Bertz CT molecular complexity index is 643. The first-order chi connectivity index (χ1) is 9.41. The smallest absolute Gasteiger partial charge is 0.352 e. The van der Waals surface area contributed by atoms with Gasteiger partial charge in [0.25, 0.3) is 5.91 Å². The zero-order valence-electron chi connectivity index (χ0n) is 11.4. The molecule has 20 heavy (non-hydrogen) atoms. The molecule has 0 saturated carbocycles. The van der Waals surface area contributed by atoms with E-state index >= 15 is 0 Å². The summed E-state index contributed by atoms with van der Waals surface area (Å²) in [5.74, 6) is -0.765. The average molecular weight is 276 g/mol. The minimum atomic E-state index is -1.08. The lowest BCUT2D eigenvalue weighted by molar-refractivity contribution is 0.0690.